The molecule has 0 spiro atoms. The average Bonchev–Trinajstić information content (AvgIpc) is 3.22. The summed E-state index contributed by atoms with van der Waals surface area (Å²) < 4.78 is 26.9. The van der Waals surface area contributed by atoms with Crippen LogP contribution in [0, 0.1) is 0 Å². The van der Waals surface area contributed by atoms with Crippen LogP contribution in [0.25, 0.3) is 0 Å². The number of rotatable bonds is 41. The standard InChI is InChI=1S/C49H82NO8P/c1-3-5-7-9-11-13-15-17-19-21-23-25-27-29-31-33-35-37-39-41-48(52)50-43-44-57-59(54,55)58-46-47(51)45-56-49(53)42-40-38-36-34-32-30-28-26-24-22-20-18-16-14-12-10-8-6-4-2/h5,7,11-14,17-20,23-26,29,31,47,51H,3-4,6,8-10,15-16,21-22,27-28,30,32-46H2,1-2H3,(H,50,52)(H,54,55)/b7-5-,13-11-,14-12-,19-17-,20-18-,25-23-,26-24-,31-29-. The van der Waals surface area contributed by atoms with Crippen LogP contribution in [-0.2, 0) is 27.9 Å². The van der Waals surface area contributed by atoms with E-state index in [0.717, 1.165) is 96.3 Å². The third-order valence-electron chi connectivity index (χ3n) is 9.00. The lowest BCUT2D eigenvalue weighted by Crippen LogP contribution is -2.27. The molecule has 0 aliphatic heterocycles. The van der Waals surface area contributed by atoms with Crippen LogP contribution in [0.5, 0.6) is 0 Å². The number of esters is 1. The van der Waals surface area contributed by atoms with Crippen molar-refractivity contribution in [3.8, 4) is 0 Å². The Kier molecular flexibility index (Phi) is 42.2. The first-order valence-electron chi connectivity index (χ1n) is 22.7. The predicted octanol–water partition coefficient (Wildman–Crippen LogP) is 13.0. The van der Waals surface area contributed by atoms with Gasteiger partial charge in [0.1, 0.15) is 12.7 Å². The molecular formula is C49H82NO8P. The third-order valence-corrected chi connectivity index (χ3v) is 9.98. The summed E-state index contributed by atoms with van der Waals surface area (Å²) in [5, 5.41) is 12.7. The number of allylic oxidation sites excluding steroid dienone is 16. The fourth-order valence-corrected chi connectivity index (χ4v) is 6.35. The predicted molar refractivity (Wildman–Crippen MR) is 247 cm³/mol. The number of ether oxygens (including phenoxy) is 1. The van der Waals surface area contributed by atoms with Gasteiger partial charge in [-0.25, -0.2) is 4.57 Å². The van der Waals surface area contributed by atoms with Gasteiger partial charge < -0.3 is 20.1 Å². The number of unbranched alkanes of at least 4 members (excludes halogenated alkanes) is 12. The first-order chi connectivity index (χ1) is 28.8. The summed E-state index contributed by atoms with van der Waals surface area (Å²) in [5.41, 5.74) is 0. The number of carbonyl (C=O) groups excluding carboxylic acids is 2. The highest BCUT2D eigenvalue weighted by molar-refractivity contribution is 7.47. The molecule has 0 rings (SSSR count). The Labute approximate surface area is 359 Å². The van der Waals surface area contributed by atoms with Gasteiger partial charge in [-0.2, -0.15) is 0 Å². The van der Waals surface area contributed by atoms with Crippen LogP contribution < -0.4 is 5.32 Å². The zero-order valence-electron chi connectivity index (χ0n) is 36.9. The SMILES string of the molecule is CC/C=C\C/C=C\C/C=C\C/C=C\C/C=C\CCCCCC(=O)NCCOP(=O)(O)OCC(O)COC(=O)CCCCCCCC/C=C\C/C=C\C/C=C\CCCCC. The summed E-state index contributed by atoms with van der Waals surface area (Å²) in [6.07, 6.45) is 57.6. The molecule has 0 bridgehead atoms. The van der Waals surface area contributed by atoms with E-state index in [0.29, 0.717) is 12.8 Å². The number of nitrogens with one attached hydrogen (secondary N) is 1. The van der Waals surface area contributed by atoms with Crippen LogP contribution in [0.3, 0.4) is 0 Å². The maximum Gasteiger partial charge on any atom is 0.472 e. The minimum Gasteiger partial charge on any atom is -0.463 e. The molecule has 0 saturated carbocycles. The first-order valence-corrected chi connectivity index (χ1v) is 24.2. The number of phosphoric acid groups is 1. The molecule has 1 amide bonds. The van der Waals surface area contributed by atoms with Gasteiger partial charge in [-0.15, -0.1) is 0 Å². The van der Waals surface area contributed by atoms with Crippen molar-refractivity contribution in [1.82, 2.24) is 5.32 Å². The van der Waals surface area contributed by atoms with Crippen molar-refractivity contribution >= 4 is 19.7 Å². The highest BCUT2D eigenvalue weighted by atomic mass is 31.2. The summed E-state index contributed by atoms with van der Waals surface area (Å²) >= 11 is 0. The molecule has 59 heavy (non-hydrogen) atoms. The van der Waals surface area contributed by atoms with Crippen molar-refractivity contribution in [2.24, 2.45) is 0 Å². The molecule has 336 valence electrons. The normalized spacial score (nSPS) is 14.2. The summed E-state index contributed by atoms with van der Waals surface area (Å²) in [4.78, 5) is 34.0. The molecule has 0 aliphatic carbocycles. The van der Waals surface area contributed by atoms with E-state index in [9.17, 15) is 24.2 Å². The van der Waals surface area contributed by atoms with Crippen molar-refractivity contribution in [2.45, 2.75) is 174 Å². The van der Waals surface area contributed by atoms with Gasteiger partial charge in [-0.3, -0.25) is 18.6 Å². The number of amides is 1. The van der Waals surface area contributed by atoms with Crippen molar-refractivity contribution in [2.75, 3.05) is 26.4 Å². The average molecular weight is 844 g/mol. The molecule has 2 atom stereocenters. The molecule has 10 heteroatoms. The second-order valence-electron chi connectivity index (χ2n) is 14.6. The maximum atomic E-state index is 12.1. The van der Waals surface area contributed by atoms with E-state index >= 15 is 0 Å². The number of aliphatic hydroxyl groups excluding tert-OH is 1. The number of hydrogen-bond acceptors (Lipinski definition) is 7. The second-order valence-corrected chi connectivity index (χ2v) is 16.1. The lowest BCUT2D eigenvalue weighted by molar-refractivity contribution is -0.147. The van der Waals surface area contributed by atoms with E-state index in [2.05, 4.69) is 116 Å². The summed E-state index contributed by atoms with van der Waals surface area (Å²) in [6, 6.07) is 0. The van der Waals surface area contributed by atoms with Crippen LogP contribution in [0.15, 0.2) is 97.2 Å². The fourth-order valence-electron chi connectivity index (χ4n) is 5.59. The zero-order chi connectivity index (χ0) is 43.2. The molecule has 0 fully saturated rings. The van der Waals surface area contributed by atoms with Gasteiger partial charge in [0.25, 0.3) is 0 Å². The highest BCUT2D eigenvalue weighted by Gasteiger charge is 2.23. The third kappa shape index (κ3) is 45.9. The van der Waals surface area contributed by atoms with E-state index in [-0.39, 0.29) is 32.1 Å². The van der Waals surface area contributed by atoms with Gasteiger partial charge in [0.15, 0.2) is 0 Å². The topological polar surface area (TPSA) is 131 Å². The minimum absolute atomic E-state index is 0.0558. The Balaban J connectivity index is 3.70. The Bertz CT molecular complexity index is 1280. The number of aliphatic hydroxyl groups is 1. The molecule has 0 heterocycles. The largest absolute Gasteiger partial charge is 0.472 e. The van der Waals surface area contributed by atoms with Gasteiger partial charge in [-0.05, 0) is 96.3 Å². The number of phosphoric ester groups is 1. The fraction of sp³-hybridized carbons (Fsp3) is 0.633. The van der Waals surface area contributed by atoms with Crippen molar-refractivity contribution in [1.29, 1.82) is 0 Å². The van der Waals surface area contributed by atoms with E-state index in [1.54, 1.807) is 0 Å². The van der Waals surface area contributed by atoms with Crippen molar-refractivity contribution in [3.05, 3.63) is 97.2 Å². The Morgan fingerprint density at radius 2 is 0.966 bits per heavy atom. The molecule has 0 aromatic carbocycles. The van der Waals surface area contributed by atoms with E-state index in [1.165, 1.54) is 38.5 Å². The zero-order valence-corrected chi connectivity index (χ0v) is 37.8. The second kappa shape index (κ2) is 44.5. The van der Waals surface area contributed by atoms with E-state index in [4.69, 9.17) is 13.8 Å². The van der Waals surface area contributed by atoms with Crippen LogP contribution in [-0.4, -0.2) is 54.3 Å². The Morgan fingerprint density at radius 3 is 1.47 bits per heavy atom. The van der Waals surface area contributed by atoms with Gasteiger partial charge >= 0.3 is 13.8 Å². The molecule has 0 aromatic heterocycles. The number of hydrogen-bond donors (Lipinski definition) is 3. The van der Waals surface area contributed by atoms with Crippen LogP contribution >= 0.6 is 7.82 Å². The molecule has 2 unspecified atom stereocenters. The van der Waals surface area contributed by atoms with E-state index in [1.807, 2.05) is 0 Å². The van der Waals surface area contributed by atoms with Gasteiger partial charge in [0.2, 0.25) is 5.91 Å². The highest BCUT2D eigenvalue weighted by Crippen LogP contribution is 2.42. The van der Waals surface area contributed by atoms with Crippen molar-refractivity contribution in [3.63, 3.8) is 0 Å². The van der Waals surface area contributed by atoms with Crippen molar-refractivity contribution < 1.29 is 37.9 Å². The van der Waals surface area contributed by atoms with Gasteiger partial charge in [-0.1, -0.05) is 156 Å². The maximum absolute atomic E-state index is 12.1. The molecular weight excluding hydrogens is 762 g/mol. The summed E-state index contributed by atoms with van der Waals surface area (Å²) in [5.74, 6) is -0.570. The number of carbonyl (C=O) groups is 2. The van der Waals surface area contributed by atoms with Gasteiger partial charge in [0.05, 0.1) is 13.2 Å². The monoisotopic (exact) mass is 844 g/mol. The van der Waals surface area contributed by atoms with Crippen LogP contribution in [0.2, 0.25) is 0 Å². The summed E-state index contributed by atoms with van der Waals surface area (Å²) in [6.45, 7) is 3.34. The van der Waals surface area contributed by atoms with Crippen LogP contribution in [0.1, 0.15) is 168 Å². The first kappa shape index (κ1) is 55.9. The molecule has 0 aliphatic rings. The van der Waals surface area contributed by atoms with E-state index < -0.39 is 26.5 Å². The molecule has 0 aromatic rings. The molecule has 3 N–H and O–H groups in total. The Morgan fingerprint density at radius 1 is 0.542 bits per heavy atom. The lowest BCUT2D eigenvalue weighted by atomic mass is 10.1. The quantitative estimate of drug-likeness (QED) is 0.0240. The molecule has 0 saturated heterocycles. The molecule has 9 nitrogen and oxygen atoms in total. The van der Waals surface area contributed by atoms with Gasteiger partial charge in [0, 0.05) is 19.4 Å². The smallest absolute Gasteiger partial charge is 0.463 e. The molecule has 0 radical (unpaired) electrons. The summed E-state index contributed by atoms with van der Waals surface area (Å²) in [7, 11) is -4.44. The minimum atomic E-state index is -4.44. The Hall–Kier alpha value is -3.07. The van der Waals surface area contributed by atoms with Crippen LogP contribution in [0.4, 0.5) is 0 Å². The lowest BCUT2D eigenvalue weighted by Gasteiger charge is -2.15.